The van der Waals surface area contributed by atoms with Gasteiger partial charge in [0.1, 0.15) is 5.82 Å². The van der Waals surface area contributed by atoms with Crippen molar-refractivity contribution < 1.29 is 4.79 Å². The Kier molecular flexibility index (Phi) is 2.49. The Morgan fingerprint density at radius 2 is 1.93 bits per heavy atom. The van der Waals surface area contributed by atoms with E-state index in [2.05, 4.69) is 15.0 Å². The van der Waals surface area contributed by atoms with Gasteiger partial charge in [-0.05, 0) is 13.0 Å². The fraction of sp³-hybridized carbons (Fsp3) is 0.0909. The minimum absolute atomic E-state index is 0.595. The van der Waals surface area contributed by atoms with E-state index in [4.69, 9.17) is 0 Å². The Morgan fingerprint density at radius 1 is 1.20 bits per heavy atom. The molecule has 0 unspecified atom stereocenters. The maximum Gasteiger partial charge on any atom is 0.150 e. The van der Waals surface area contributed by atoms with Crippen molar-refractivity contribution >= 4 is 6.29 Å². The quantitative estimate of drug-likeness (QED) is 0.690. The standard InChI is InChI=1S/C11H9N3O/c1-8-13-4-10(5-14-8)11-6-12-3-2-9(11)7-15/h2-7H,1H3. The van der Waals surface area contributed by atoms with E-state index < -0.39 is 0 Å². The van der Waals surface area contributed by atoms with Crippen LogP contribution in [0.25, 0.3) is 11.1 Å². The van der Waals surface area contributed by atoms with Gasteiger partial charge in [0.2, 0.25) is 0 Å². The average molecular weight is 199 g/mol. The van der Waals surface area contributed by atoms with Gasteiger partial charge in [-0.2, -0.15) is 0 Å². The fourth-order valence-corrected chi connectivity index (χ4v) is 1.28. The maximum absolute atomic E-state index is 10.8. The molecule has 0 atom stereocenters. The van der Waals surface area contributed by atoms with Crippen LogP contribution in [0, 0.1) is 6.92 Å². The van der Waals surface area contributed by atoms with Gasteiger partial charge < -0.3 is 0 Å². The van der Waals surface area contributed by atoms with Gasteiger partial charge in [0, 0.05) is 41.5 Å². The van der Waals surface area contributed by atoms with Crippen molar-refractivity contribution in [1.29, 1.82) is 0 Å². The highest BCUT2D eigenvalue weighted by Gasteiger charge is 2.04. The second-order valence-electron chi connectivity index (χ2n) is 3.10. The van der Waals surface area contributed by atoms with Gasteiger partial charge in [-0.1, -0.05) is 0 Å². The van der Waals surface area contributed by atoms with Gasteiger partial charge >= 0.3 is 0 Å². The first-order chi connectivity index (χ1) is 7.31. The highest BCUT2D eigenvalue weighted by molar-refractivity contribution is 5.86. The topological polar surface area (TPSA) is 55.7 Å². The number of carbonyl (C=O) groups excluding carboxylic acids is 1. The molecule has 15 heavy (non-hydrogen) atoms. The third-order valence-corrected chi connectivity index (χ3v) is 2.07. The van der Waals surface area contributed by atoms with Crippen LogP contribution in [-0.4, -0.2) is 21.2 Å². The highest BCUT2D eigenvalue weighted by Crippen LogP contribution is 2.19. The van der Waals surface area contributed by atoms with Crippen LogP contribution in [0.4, 0.5) is 0 Å². The number of nitrogens with zero attached hydrogens (tertiary/aromatic N) is 3. The van der Waals surface area contributed by atoms with E-state index in [1.165, 1.54) is 0 Å². The van der Waals surface area contributed by atoms with Crippen LogP contribution in [0.2, 0.25) is 0 Å². The molecule has 0 N–H and O–H groups in total. The van der Waals surface area contributed by atoms with E-state index in [-0.39, 0.29) is 0 Å². The summed E-state index contributed by atoms with van der Waals surface area (Å²) in [6, 6.07) is 1.67. The van der Waals surface area contributed by atoms with Crippen LogP contribution in [0.5, 0.6) is 0 Å². The number of hydrogen-bond acceptors (Lipinski definition) is 4. The molecule has 2 aromatic rings. The summed E-state index contributed by atoms with van der Waals surface area (Å²) in [5, 5.41) is 0. The molecule has 0 bridgehead atoms. The Bertz CT molecular complexity index is 479. The van der Waals surface area contributed by atoms with Gasteiger partial charge in [0.25, 0.3) is 0 Å². The van der Waals surface area contributed by atoms with Crippen LogP contribution >= 0.6 is 0 Å². The SMILES string of the molecule is Cc1ncc(-c2cnccc2C=O)cn1. The monoisotopic (exact) mass is 199 g/mol. The van der Waals surface area contributed by atoms with Crippen molar-refractivity contribution in [2.75, 3.05) is 0 Å². The van der Waals surface area contributed by atoms with Gasteiger partial charge in [-0.15, -0.1) is 0 Å². The molecule has 74 valence electrons. The van der Waals surface area contributed by atoms with E-state index in [0.29, 0.717) is 11.4 Å². The lowest BCUT2D eigenvalue weighted by molar-refractivity contribution is 0.112. The minimum atomic E-state index is 0.595. The molecular formula is C11H9N3O. The smallest absolute Gasteiger partial charge is 0.150 e. The molecule has 0 aliphatic heterocycles. The summed E-state index contributed by atoms with van der Waals surface area (Å²) in [5.41, 5.74) is 2.15. The molecule has 0 radical (unpaired) electrons. The lowest BCUT2D eigenvalue weighted by Gasteiger charge is -2.02. The predicted molar refractivity (Wildman–Crippen MR) is 55.4 cm³/mol. The summed E-state index contributed by atoms with van der Waals surface area (Å²) >= 11 is 0. The molecule has 0 aromatic carbocycles. The van der Waals surface area contributed by atoms with Crippen molar-refractivity contribution in [2.45, 2.75) is 6.92 Å². The summed E-state index contributed by atoms with van der Waals surface area (Å²) in [6.07, 6.45) is 7.40. The molecule has 4 nitrogen and oxygen atoms in total. The second-order valence-corrected chi connectivity index (χ2v) is 3.10. The zero-order chi connectivity index (χ0) is 10.7. The zero-order valence-corrected chi connectivity index (χ0v) is 8.21. The molecule has 2 rings (SSSR count). The van der Waals surface area contributed by atoms with E-state index in [9.17, 15) is 4.79 Å². The second kappa shape index (κ2) is 3.96. The van der Waals surface area contributed by atoms with Crippen molar-refractivity contribution in [3.05, 3.63) is 42.2 Å². The molecule has 2 aromatic heterocycles. The number of aromatic nitrogens is 3. The number of pyridine rings is 1. The lowest BCUT2D eigenvalue weighted by Crippen LogP contribution is -1.92. The first-order valence-corrected chi connectivity index (χ1v) is 4.49. The molecule has 0 amide bonds. The summed E-state index contributed by atoms with van der Waals surface area (Å²) in [4.78, 5) is 22.9. The summed E-state index contributed by atoms with van der Waals surface area (Å²) in [5.74, 6) is 0.704. The normalized spacial score (nSPS) is 9.93. The summed E-state index contributed by atoms with van der Waals surface area (Å²) in [7, 11) is 0. The minimum Gasteiger partial charge on any atom is -0.298 e. The lowest BCUT2D eigenvalue weighted by atomic mass is 10.1. The molecule has 0 aliphatic rings. The zero-order valence-electron chi connectivity index (χ0n) is 8.21. The molecule has 0 fully saturated rings. The van der Waals surface area contributed by atoms with Crippen LogP contribution in [0.1, 0.15) is 16.2 Å². The van der Waals surface area contributed by atoms with E-state index in [1.807, 2.05) is 6.92 Å². The number of carbonyl (C=O) groups is 1. The number of rotatable bonds is 2. The van der Waals surface area contributed by atoms with Gasteiger partial charge in [-0.3, -0.25) is 9.78 Å². The molecule has 0 spiro atoms. The van der Waals surface area contributed by atoms with E-state index in [0.717, 1.165) is 17.4 Å². The Morgan fingerprint density at radius 3 is 2.60 bits per heavy atom. The summed E-state index contributed by atoms with van der Waals surface area (Å²) < 4.78 is 0. The van der Waals surface area contributed by atoms with Crippen LogP contribution in [0.15, 0.2) is 30.9 Å². The van der Waals surface area contributed by atoms with Crippen molar-refractivity contribution in [2.24, 2.45) is 0 Å². The first kappa shape index (κ1) is 9.45. The van der Waals surface area contributed by atoms with Crippen LogP contribution in [-0.2, 0) is 0 Å². The molecule has 2 heterocycles. The Hall–Kier alpha value is -2.10. The van der Waals surface area contributed by atoms with E-state index >= 15 is 0 Å². The Balaban J connectivity index is 2.53. The number of aryl methyl sites for hydroxylation is 1. The third-order valence-electron chi connectivity index (χ3n) is 2.07. The summed E-state index contributed by atoms with van der Waals surface area (Å²) in [6.45, 7) is 1.81. The molecule has 4 heteroatoms. The Labute approximate surface area is 87.0 Å². The average Bonchev–Trinajstić information content (AvgIpc) is 2.30. The third kappa shape index (κ3) is 1.88. The van der Waals surface area contributed by atoms with Crippen molar-refractivity contribution in [1.82, 2.24) is 15.0 Å². The van der Waals surface area contributed by atoms with Gasteiger partial charge in [0.05, 0.1) is 0 Å². The van der Waals surface area contributed by atoms with Gasteiger partial charge in [0.15, 0.2) is 6.29 Å². The largest absolute Gasteiger partial charge is 0.298 e. The van der Waals surface area contributed by atoms with E-state index in [1.54, 1.807) is 30.9 Å². The maximum atomic E-state index is 10.8. The predicted octanol–water partition coefficient (Wildman–Crippen LogP) is 1.66. The fourth-order valence-electron chi connectivity index (χ4n) is 1.28. The molecule has 0 saturated carbocycles. The van der Waals surface area contributed by atoms with Crippen molar-refractivity contribution in [3.63, 3.8) is 0 Å². The molecule has 0 aliphatic carbocycles. The van der Waals surface area contributed by atoms with Crippen molar-refractivity contribution in [3.8, 4) is 11.1 Å². The van der Waals surface area contributed by atoms with Crippen LogP contribution in [0.3, 0.4) is 0 Å². The number of hydrogen-bond donors (Lipinski definition) is 0. The number of aldehydes is 1. The van der Waals surface area contributed by atoms with Gasteiger partial charge in [-0.25, -0.2) is 9.97 Å². The van der Waals surface area contributed by atoms with Crippen LogP contribution < -0.4 is 0 Å². The highest BCUT2D eigenvalue weighted by atomic mass is 16.1. The molecular weight excluding hydrogens is 190 g/mol. The molecule has 0 saturated heterocycles. The first-order valence-electron chi connectivity index (χ1n) is 4.49.